The lowest BCUT2D eigenvalue weighted by molar-refractivity contribution is -0.385. The van der Waals surface area contributed by atoms with E-state index in [1.54, 1.807) is 0 Å². The number of aromatic carboxylic acids is 1. The Hall–Kier alpha value is -3.50. The van der Waals surface area contributed by atoms with Gasteiger partial charge in [-0.2, -0.15) is 0 Å². The van der Waals surface area contributed by atoms with Crippen molar-refractivity contribution >= 4 is 29.4 Å². The van der Waals surface area contributed by atoms with Crippen LogP contribution in [0.5, 0.6) is 0 Å². The molecular formula is C17H21N3O8. The van der Waals surface area contributed by atoms with E-state index in [1.807, 2.05) is 0 Å². The number of carbonyl (C=O) groups is 4. The molecule has 2 amide bonds. The van der Waals surface area contributed by atoms with Crippen molar-refractivity contribution in [2.75, 3.05) is 0 Å². The summed E-state index contributed by atoms with van der Waals surface area (Å²) in [5, 5.41) is 30.1. The summed E-state index contributed by atoms with van der Waals surface area (Å²) < 4.78 is 0. The number of amides is 2. The van der Waals surface area contributed by atoms with Gasteiger partial charge in [0, 0.05) is 18.0 Å². The lowest BCUT2D eigenvalue weighted by Crippen LogP contribution is -2.55. The highest BCUT2D eigenvalue weighted by Gasteiger charge is 2.40. The molecular weight excluding hydrogens is 374 g/mol. The number of benzene rings is 1. The number of nitro benzene ring substituents is 1. The average Bonchev–Trinajstić information content (AvgIpc) is 2.55. The number of primary amides is 1. The summed E-state index contributed by atoms with van der Waals surface area (Å²) in [6.07, 6.45) is -0.622. The van der Waals surface area contributed by atoms with Crippen LogP contribution in [0.15, 0.2) is 18.2 Å². The number of rotatable bonds is 8. The van der Waals surface area contributed by atoms with Gasteiger partial charge in [-0.25, -0.2) is 9.59 Å². The first-order valence-electron chi connectivity index (χ1n) is 8.14. The second-order valence-corrected chi connectivity index (χ2v) is 6.97. The van der Waals surface area contributed by atoms with E-state index in [-0.39, 0.29) is 12.8 Å². The SMILES string of the molecule is CC(C)(C)N(C(=O)c1cccc([N+](=O)[O-])c1C(=O)O)[C@@H](CCC(N)=O)C(=O)O. The Balaban J connectivity index is 3.61. The molecule has 152 valence electrons. The zero-order valence-corrected chi connectivity index (χ0v) is 15.5. The Morgan fingerprint density at radius 3 is 2.18 bits per heavy atom. The fourth-order valence-electron chi connectivity index (χ4n) is 2.78. The highest BCUT2D eigenvalue weighted by molar-refractivity contribution is 6.08. The molecule has 1 rings (SSSR count). The standard InChI is InChI=1S/C17H21N3O8/c1-17(2,3)19(11(15(23)24)7-8-12(18)21)14(22)9-5-4-6-10(20(27)28)13(9)16(25)26/h4-6,11H,7-8H2,1-3H3,(H2,18,21)(H,23,24)(H,25,26)/t11-/m0/s1. The van der Waals surface area contributed by atoms with Gasteiger partial charge in [0.15, 0.2) is 0 Å². The molecule has 1 aromatic carbocycles. The van der Waals surface area contributed by atoms with Crippen LogP contribution >= 0.6 is 0 Å². The molecule has 0 saturated heterocycles. The highest BCUT2D eigenvalue weighted by atomic mass is 16.6. The molecule has 0 bridgehead atoms. The number of nitro groups is 1. The topological polar surface area (TPSA) is 181 Å². The zero-order valence-electron chi connectivity index (χ0n) is 15.5. The molecule has 1 atom stereocenters. The lowest BCUT2D eigenvalue weighted by atomic mass is 9.95. The second-order valence-electron chi connectivity index (χ2n) is 6.97. The molecule has 0 radical (unpaired) electrons. The lowest BCUT2D eigenvalue weighted by Gasteiger charge is -2.40. The maximum absolute atomic E-state index is 13.1. The second kappa shape index (κ2) is 8.46. The molecule has 0 aliphatic rings. The van der Waals surface area contributed by atoms with Gasteiger partial charge in [0.1, 0.15) is 11.6 Å². The predicted molar refractivity (Wildman–Crippen MR) is 95.8 cm³/mol. The van der Waals surface area contributed by atoms with Gasteiger partial charge >= 0.3 is 11.9 Å². The predicted octanol–water partition coefficient (Wildman–Crippen LogP) is 1.25. The van der Waals surface area contributed by atoms with Gasteiger partial charge < -0.3 is 20.8 Å². The van der Waals surface area contributed by atoms with E-state index in [9.17, 15) is 39.5 Å². The Labute approximate surface area is 159 Å². The molecule has 0 aromatic heterocycles. The first kappa shape index (κ1) is 22.5. The van der Waals surface area contributed by atoms with Gasteiger partial charge in [-0.1, -0.05) is 6.07 Å². The van der Waals surface area contributed by atoms with Crippen molar-refractivity contribution in [2.45, 2.75) is 45.2 Å². The maximum Gasteiger partial charge on any atom is 0.343 e. The van der Waals surface area contributed by atoms with Crippen LogP contribution in [0, 0.1) is 10.1 Å². The number of carboxylic acids is 2. The minimum absolute atomic E-state index is 0.301. The summed E-state index contributed by atoms with van der Waals surface area (Å²) >= 11 is 0. The molecule has 0 unspecified atom stereocenters. The normalized spacial score (nSPS) is 12.1. The number of aliphatic carboxylic acids is 1. The van der Waals surface area contributed by atoms with Crippen LogP contribution in [0.2, 0.25) is 0 Å². The number of carboxylic acid groups (broad SMARTS) is 2. The van der Waals surface area contributed by atoms with E-state index in [0.717, 1.165) is 23.1 Å². The van der Waals surface area contributed by atoms with Crippen LogP contribution in [0.1, 0.15) is 54.3 Å². The van der Waals surface area contributed by atoms with E-state index in [0.29, 0.717) is 0 Å². The van der Waals surface area contributed by atoms with Gasteiger partial charge in [-0.15, -0.1) is 0 Å². The molecule has 0 spiro atoms. The summed E-state index contributed by atoms with van der Waals surface area (Å²) in [5.41, 5.74) is 1.79. The quantitative estimate of drug-likeness (QED) is 0.434. The van der Waals surface area contributed by atoms with E-state index in [2.05, 4.69) is 0 Å². The van der Waals surface area contributed by atoms with Crippen LogP contribution in [-0.4, -0.2) is 55.4 Å². The smallest absolute Gasteiger partial charge is 0.343 e. The summed E-state index contributed by atoms with van der Waals surface area (Å²) in [6.45, 7) is 4.55. The van der Waals surface area contributed by atoms with Crippen molar-refractivity contribution in [1.82, 2.24) is 4.90 Å². The Bertz CT molecular complexity index is 828. The van der Waals surface area contributed by atoms with Crippen molar-refractivity contribution in [2.24, 2.45) is 5.73 Å². The molecule has 1 aromatic rings. The van der Waals surface area contributed by atoms with Gasteiger partial charge in [0.25, 0.3) is 11.6 Å². The molecule has 0 aliphatic heterocycles. The largest absolute Gasteiger partial charge is 0.480 e. The van der Waals surface area contributed by atoms with Crippen LogP contribution < -0.4 is 5.73 Å². The van der Waals surface area contributed by atoms with Gasteiger partial charge in [-0.05, 0) is 33.3 Å². The van der Waals surface area contributed by atoms with Crippen molar-refractivity contribution in [3.8, 4) is 0 Å². The number of carbonyl (C=O) groups excluding carboxylic acids is 2. The molecule has 0 aliphatic carbocycles. The van der Waals surface area contributed by atoms with Crippen LogP contribution in [-0.2, 0) is 9.59 Å². The summed E-state index contributed by atoms with van der Waals surface area (Å²) in [7, 11) is 0. The van der Waals surface area contributed by atoms with E-state index in [4.69, 9.17) is 5.73 Å². The number of hydrogen-bond acceptors (Lipinski definition) is 6. The fraction of sp³-hybridized carbons (Fsp3) is 0.412. The average molecular weight is 395 g/mol. The maximum atomic E-state index is 13.1. The molecule has 11 nitrogen and oxygen atoms in total. The van der Waals surface area contributed by atoms with Gasteiger partial charge in [0.05, 0.1) is 10.5 Å². The first-order valence-corrected chi connectivity index (χ1v) is 8.14. The molecule has 4 N–H and O–H groups in total. The summed E-state index contributed by atoms with van der Waals surface area (Å²) in [5.74, 6) is -4.92. The number of hydrogen-bond donors (Lipinski definition) is 3. The van der Waals surface area contributed by atoms with Crippen LogP contribution in [0.4, 0.5) is 5.69 Å². The van der Waals surface area contributed by atoms with Crippen molar-refractivity contribution < 1.29 is 34.3 Å². The monoisotopic (exact) mass is 395 g/mol. The third-order valence-electron chi connectivity index (χ3n) is 3.89. The Kier molecular flexibility index (Phi) is 6.81. The molecule has 0 saturated carbocycles. The minimum Gasteiger partial charge on any atom is -0.480 e. The Morgan fingerprint density at radius 1 is 1.21 bits per heavy atom. The molecule has 11 heteroatoms. The van der Waals surface area contributed by atoms with Crippen molar-refractivity contribution in [3.63, 3.8) is 0 Å². The zero-order chi connectivity index (χ0) is 21.8. The minimum atomic E-state index is -1.70. The van der Waals surface area contributed by atoms with Crippen LogP contribution in [0.3, 0.4) is 0 Å². The number of nitrogens with two attached hydrogens (primary N) is 1. The van der Waals surface area contributed by atoms with Gasteiger partial charge in [-0.3, -0.25) is 19.7 Å². The summed E-state index contributed by atoms with van der Waals surface area (Å²) in [4.78, 5) is 58.7. The van der Waals surface area contributed by atoms with E-state index in [1.165, 1.54) is 20.8 Å². The molecule has 0 fully saturated rings. The Morgan fingerprint density at radius 2 is 1.79 bits per heavy atom. The van der Waals surface area contributed by atoms with Crippen LogP contribution in [0.25, 0.3) is 0 Å². The summed E-state index contributed by atoms with van der Waals surface area (Å²) in [6, 6.07) is 1.65. The van der Waals surface area contributed by atoms with Crippen molar-refractivity contribution in [3.05, 3.63) is 39.4 Å². The van der Waals surface area contributed by atoms with Crippen molar-refractivity contribution in [1.29, 1.82) is 0 Å². The van der Waals surface area contributed by atoms with E-state index >= 15 is 0 Å². The number of nitrogens with zero attached hydrogens (tertiary/aromatic N) is 2. The highest BCUT2D eigenvalue weighted by Crippen LogP contribution is 2.28. The molecule has 0 heterocycles. The third-order valence-corrected chi connectivity index (χ3v) is 3.89. The third kappa shape index (κ3) is 5.02. The first-order chi connectivity index (χ1) is 12.8. The molecule has 28 heavy (non-hydrogen) atoms. The van der Waals surface area contributed by atoms with E-state index < -0.39 is 57.1 Å². The van der Waals surface area contributed by atoms with Gasteiger partial charge in [0.2, 0.25) is 5.91 Å². The fourth-order valence-corrected chi connectivity index (χ4v) is 2.78.